The van der Waals surface area contributed by atoms with E-state index in [1.807, 2.05) is 6.07 Å². The molecule has 5 nitrogen and oxygen atoms in total. The summed E-state index contributed by atoms with van der Waals surface area (Å²) < 4.78 is 39.8. The fourth-order valence-electron chi connectivity index (χ4n) is 1.62. The Morgan fingerprint density at radius 1 is 1.05 bits per heavy atom. The van der Waals surface area contributed by atoms with Gasteiger partial charge in [-0.1, -0.05) is 6.07 Å². The Bertz CT molecular complexity index is 880. The van der Waals surface area contributed by atoms with Crippen LogP contribution in [0, 0.1) is 28.5 Å². The van der Waals surface area contributed by atoms with Crippen molar-refractivity contribution in [1.82, 2.24) is 0 Å². The van der Waals surface area contributed by atoms with Crippen LogP contribution in [-0.2, 0) is 10.0 Å². The van der Waals surface area contributed by atoms with Crippen molar-refractivity contribution in [3.63, 3.8) is 0 Å². The maximum Gasteiger partial charge on any atom is 0.261 e. The van der Waals surface area contributed by atoms with E-state index in [1.54, 1.807) is 6.07 Å². The van der Waals surface area contributed by atoms with Crippen LogP contribution >= 0.6 is 0 Å². The van der Waals surface area contributed by atoms with Gasteiger partial charge < -0.3 is 0 Å². The maximum atomic E-state index is 13.2. The summed E-state index contributed by atoms with van der Waals surface area (Å²) in [5.74, 6) is -0.789. The second kappa shape index (κ2) is 5.61. The molecule has 0 radical (unpaired) electrons. The Balaban J connectivity index is 2.39. The van der Waals surface area contributed by atoms with Gasteiger partial charge in [-0.2, -0.15) is 10.5 Å². The Kier molecular flexibility index (Phi) is 3.88. The van der Waals surface area contributed by atoms with Crippen molar-refractivity contribution in [3.05, 3.63) is 59.4 Å². The van der Waals surface area contributed by atoms with Crippen molar-refractivity contribution >= 4 is 15.7 Å². The molecule has 2 aromatic carbocycles. The molecule has 0 amide bonds. The highest BCUT2D eigenvalue weighted by atomic mass is 32.2. The van der Waals surface area contributed by atoms with E-state index in [9.17, 15) is 12.8 Å². The maximum absolute atomic E-state index is 13.2. The third-order valence-electron chi connectivity index (χ3n) is 2.61. The van der Waals surface area contributed by atoms with Gasteiger partial charge in [-0.3, -0.25) is 4.72 Å². The predicted molar refractivity (Wildman–Crippen MR) is 73.1 cm³/mol. The van der Waals surface area contributed by atoms with E-state index in [0.717, 1.165) is 18.2 Å². The van der Waals surface area contributed by atoms with E-state index in [0.29, 0.717) is 5.56 Å². The standard InChI is InChI=1S/C14H8FN3O2S/c15-14-5-4-13(7-11(14)9-17)21(19,20)18-12-3-1-2-10(6-12)8-16/h1-7,18H. The minimum Gasteiger partial charge on any atom is -0.280 e. The van der Waals surface area contributed by atoms with Gasteiger partial charge in [0.05, 0.1) is 27.8 Å². The minimum absolute atomic E-state index is 0.205. The summed E-state index contributed by atoms with van der Waals surface area (Å²) in [4.78, 5) is -0.234. The van der Waals surface area contributed by atoms with Gasteiger partial charge in [-0.05, 0) is 36.4 Å². The first-order valence-electron chi connectivity index (χ1n) is 5.69. The van der Waals surface area contributed by atoms with E-state index < -0.39 is 15.8 Å². The number of halogens is 1. The second-order valence-electron chi connectivity index (χ2n) is 4.05. The van der Waals surface area contributed by atoms with Crippen LogP contribution in [0.3, 0.4) is 0 Å². The lowest BCUT2D eigenvalue weighted by Crippen LogP contribution is -2.13. The van der Waals surface area contributed by atoms with E-state index in [4.69, 9.17) is 10.5 Å². The van der Waals surface area contributed by atoms with Crippen molar-refractivity contribution in [3.8, 4) is 12.1 Å². The molecule has 2 aromatic rings. The smallest absolute Gasteiger partial charge is 0.261 e. The highest BCUT2D eigenvalue weighted by Crippen LogP contribution is 2.19. The summed E-state index contributed by atoms with van der Waals surface area (Å²) in [6, 6.07) is 12.3. The molecule has 0 atom stereocenters. The molecule has 1 N–H and O–H groups in total. The predicted octanol–water partition coefficient (Wildman–Crippen LogP) is 2.37. The van der Waals surface area contributed by atoms with E-state index in [2.05, 4.69) is 4.72 Å². The molecule has 0 aliphatic rings. The van der Waals surface area contributed by atoms with E-state index in [-0.39, 0.29) is 16.1 Å². The average Bonchev–Trinajstić information content (AvgIpc) is 2.47. The molecule has 0 aliphatic heterocycles. The van der Waals surface area contributed by atoms with Crippen molar-refractivity contribution in [2.24, 2.45) is 0 Å². The Morgan fingerprint density at radius 3 is 2.48 bits per heavy atom. The number of nitrogens with zero attached hydrogens (tertiary/aromatic N) is 2. The monoisotopic (exact) mass is 301 g/mol. The quantitative estimate of drug-likeness (QED) is 0.941. The van der Waals surface area contributed by atoms with E-state index in [1.165, 1.54) is 24.3 Å². The van der Waals surface area contributed by atoms with Gasteiger partial charge in [-0.15, -0.1) is 0 Å². The van der Waals surface area contributed by atoms with Crippen LogP contribution < -0.4 is 4.72 Å². The molecule has 7 heteroatoms. The van der Waals surface area contributed by atoms with Gasteiger partial charge >= 0.3 is 0 Å². The topological polar surface area (TPSA) is 93.8 Å². The van der Waals surface area contributed by atoms with E-state index >= 15 is 0 Å². The SMILES string of the molecule is N#Cc1cccc(NS(=O)(=O)c2ccc(F)c(C#N)c2)c1. The molecule has 0 heterocycles. The third kappa shape index (κ3) is 3.16. The van der Waals surface area contributed by atoms with Crippen LogP contribution in [-0.4, -0.2) is 8.42 Å². The zero-order valence-corrected chi connectivity index (χ0v) is 11.4. The molecule has 104 valence electrons. The summed E-state index contributed by atoms with van der Waals surface area (Å²) in [6.45, 7) is 0. The zero-order valence-electron chi connectivity index (χ0n) is 10.5. The number of hydrogen-bond donors (Lipinski definition) is 1. The van der Waals surface area contributed by atoms with Crippen LogP contribution in [0.15, 0.2) is 47.4 Å². The molecule has 0 saturated heterocycles. The van der Waals surface area contributed by atoms with Crippen molar-refractivity contribution in [2.75, 3.05) is 4.72 Å². The van der Waals surface area contributed by atoms with Crippen LogP contribution in [0.1, 0.15) is 11.1 Å². The molecular formula is C14H8FN3O2S. The van der Waals surface area contributed by atoms with Gasteiger partial charge in [0, 0.05) is 0 Å². The number of nitriles is 2. The average molecular weight is 301 g/mol. The van der Waals surface area contributed by atoms with Gasteiger partial charge in [0.25, 0.3) is 10.0 Å². The Labute approximate surface area is 120 Å². The Hall–Kier alpha value is -2.90. The molecular weight excluding hydrogens is 293 g/mol. The highest BCUT2D eigenvalue weighted by Gasteiger charge is 2.16. The Morgan fingerprint density at radius 2 is 1.81 bits per heavy atom. The summed E-state index contributed by atoms with van der Waals surface area (Å²) in [7, 11) is -3.96. The zero-order chi connectivity index (χ0) is 15.5. The number of anilines is 1. The first kappa shape index (κ1) is 14.5. The van der Waals surface area contributed by atoms with Crippen LogP contribution in [0.2, 0.25) is 0 Å². The summed E-state index contributed by atoms with van der Waals surface area (Å²) >= 11 is 0. The number of sulfonamides is 1. The van der Waals surface area contributed by atoms with Gasteiger partial charge in [0.15, 0.2) is 0 Å². The lowest BCUT2D eigenvalue weighted by atomic mass is 10.2. The lowest BCUT2D eigenvalue weighted by molar-refractivity contribution is 0.599. The summed E-state index contributed by atoms with van der Waals surface area (Å²) in [5, 5.41) is 17.5. The first-order valence-corrected chi connectivity index (χ1v) is 7.17. The number of hydrogen-bond acceptors (Lipinski definition) is 4. The molecule has 21 heavy (non-hydrogen) atoms. The molecule has 0 unspecified atom stereocenters. The largest absolute Gasteiger partial charge is 0.280 e. The fourth-order valence-corrected chi connectivity index (χ4v) is 2.70. The van der Waals surface area contributed by atoms with Crippen molar-refractivity contribution < 1.29 is 12.8 Å². The summed E-state index contributed by atoms with van der Waals surface area (Å²) in [5.41, 5.74) is 0.146. The van der Waals surface area contributed by atoms with Crippen molar-refractivity contribution in [1.29, 1.82) is 10.5 Å². The molecule has 0 spiro atoms. The molecule has 0 fully saturated rings. The number of rotatable bonds is 3. The van der Waals surface area contributed by atoms with Gasteiger partial charge in [-0.25, -0.2) is 12.8 Å². The molecule has 0 saturated carbocycles. The molecule has 0 aromatic heterocycles. The third-order valence-corrected chi connectivity index (χ3v) is 3.99. The van der Waals surface area contributed by atoms with Gasteiger partial charge in [0.1, 0.15) is 11.9 Å². The first-order chi connectivity index (χ1) is 9.96. The molecule has 2 rings (SSSR count). The van der Waals surface area contributed by atoms with Gasteiger partial charge in [0.2, 0.25) is 0 Å². The van der Waals surface area contributed by atoms with Crippen LogP contribution in [0.5, 0.6) is 0 Å². The highest BCUT2D eigenvalue weighted by molar-refractivity contribution is 7.92. The van der Waals surface area contributed by atoms with Crippen molar-refractivity contribution in [2.45, 2.75) is 4.90 Å². The van der Waals surface area contributed by atoms with Crippen LogP contribution in [0.4, 0.5) is 10.1 Å². The normalized spacial score (nSPS) is 10.4. The fraction of sp³-hybridized carbons (Fsp3) is 0. The number of nitrogens with one attached hydrogen (secondary N) is 1. The second-order valence-corrected chi connectivity index (χ2v) is 5.73. The summed E-state index contributed by atoms with van der Waals surface area (Å²) in [6.07, 6.45) is 0. The number of benzene rings is 2. The molecule has 0 bridgehead atoms. The molecule has 0 aliphatic carbocycles. The lowest BCUT2D eigenvalue weighted by Gasteiger charge is -2.08. The minimum atomic E-state index is -3.96. The van der Waals surface area contributed by atoms with Crippen LogP contribution in [0.25, 0.3) is 0 Å².